The maximum atomic E-state index is 5.51. The van der Waals surface area contributed by atoms with E-state index >= 15 is 0 Å². The molecule has 0 fully saturated rings. The summed E-state index contributed by atoms with van der Waals surface area (Å²) in [6, 6.07) is 19.9. The fourth-order valence-corrected chi connectivity index (χ4v) is 5.22. The van der Waals surface area contributed by atoms with Crippen LogP contribution >= 0.6 is 11.8 Å². The standard InChI is InChI=1S/C34H36N2O6S/c1-37-28-18-24(19-29(38-2)32(28)41-5)12-14-26-22-27(36-34(35-26)43-17-16-23-10-8-7-9-11-23)15-13-25-20-30(39-3)33(42-6)31(21-25)40-4/h7-15,18-22H,16-17H2,1-6H3. The molecule has 0 unspecified atom stereocenters. The van der Waals surface area contributed by atoms with Gasteiger partial charge in [-0.1, -0.05) is 54.2 Å². The van der Waals surface area contributed by atoms with Crippen molar-refractivity contribution >= 4 is 36.1 Å². The number of hydrogen-bond donors (Lipinski definition) is 0. The van der Waals surface area contributed by atoms with Crippen molar-refractivity contribution in [3.8, 4) is 34.5 Å². The predicted molar refractivity (Wildman–Crippen MR) is 173 cm³/mol. The average molecular weight is 601 g/mol. The molecule has 0 bridgehead atoms. The molecule has 9 heteroatoms. The topological polar surface area (TPSA) is 81.2 Å². The molecular formula is C34H36N2O6S. The van der Waals surface area contributed by atoms with E-state index in [1.54, 1.807) is 54.4 Å². The summed E-state index contributed by atoms with van der Waals surface area (Å²) in [6.07, 6.45) is 8.72. The molecule has 0 aliphatic heterocycles. The third kappa shape index (κ3) is 8.23. The Labute approximate surface area is 257 Å². The second kappa shape index (κ2) is 15.6. The highest BCUT2D eigenvalue weighted by molar-refractivity contribution is 7.99. The van der Waals surface area contributed by atoms with Crippen LogP contribution < -0.4 is 28.4 Å². The summed E-state index contributed by atoms with van der Waals surface area (Å²) in [5, 5.41) is 0.688. The summed E-state index contributed by atoms with van der Waals surface area (Å²) in [6.45, 7) is 0. The van der Waals surface area contributed by atoms with E-state index in [0.29, 0.717) is 39.7 Å². The molecule has 0 radical (unpaired) electrons. The van der Waals surface area contributed by atoms with Gasteiger partial charge in [-0.15, -0.1) is 0 Å². The third-order valence-electron chi connectivity index (χ3n) is 6.48. The van der Waals surface area contributed by atoms with Gasteiger partial charge in [0.05, 0.1) is 54.0 Å². The molecule has 3 aromatic carbocycles. The minimum Gasteiger partial charge on any atom is -0.493 e. The van der Waals surface area contributed by atoms with Crippen LogP contribution in [0.1, 0.15) is 28.1 Å². The lowest BCUT2D eigenvalue weighted by Gasteiger charge is -2.13. The first kappa shape index (κ1) is 31.3. The Morgan fingerprint density at radius 2 is 1.00 bits per heavy atom. The van der Waals surface area contributed by atoms with Gasteiger partial charge in [-0.25, -0.2) is 9.97 Å². The molecule has 0 saturated heterocycles. The average Bonchev–Trinajstić information content (AvgIpc) is 3.05. The molecule has 43 heavy (non-hydrogen) atoms. The summed E-state index contributed by atoms with van der Waals surface area (Å²) in [5.41, 5.74) is 4.55. The number of nitrogens with zero attached hydrogens (tertiary/aromatic N) is 2. The Morgan fingerprint density at radius 3 is 1.40 bits per heavy atom. The lowest BCUT2D eigenvalue weighted by molar-refractivity contribution is 0.324. The number of ether oxygens (including phenoxy) is 6. The molecule has 8 nitrogen and oxygen atoms in total. The van der Waals surface area contributed by atoms with Gasteiger partial charge in [0.2, 0.25) is 11.5 Å². The van der Waals surface area contributed by atoms with E-state index in [-0.39, 0.29) is 0 Å². The normalized spacial score (nSPS) is 11.1. The van der Waals surface area contributed by atoms with E-state index in [2.05, 4.69) is 24.3 Å². The molecule has 0 spiro atoms. The molecule has 0 amide bonds. The van der Waals surface area contributed by atoms with Crippen LogP contribution in [0.3, 0.4) is 0 Å². The van der Waals surface area contributed by atoms with Gasteiger partial charge in [-0.05, 0) is 65.6 Å². The largest absolute Gasteiger partial charge is 0.493 e. The Bertz CT molecular complexity index is 1430. The van der Waals surface area contributed by atoms with Gasteiger partial charge >= 0.3 is 0 Å². The molecule has 0 atom stereocenters. The zero-order chi connectivity index (χ0) is 30.6. The molecule has 4 aromatic rings. The third-order valence-corrected chi connectivity index (χ3v) is 7.33. The summed E-state index contributed by atoms with van der Waals surface area (Å²) in [7, 11) is 9.56. The van der Waals surface area contributed by atoms with Crippen LogP contribution in [0.25, 0.3) is 24.3 Å². The number of benzene rings is 3. The first-order valence-corrected chi connectivity index (χ1v) is 14.5. The van der Waals surface area contributed by atoms with Crippen LogP contribution in [-0.2, 0) is 6.42 Å². The summed E-state index contributed by atoms with van der Waals surface area (Å²) >= 11 is 1.62. The summed E-state index contributed by atoms with van der Waals surface area (Å²) in [5.74, 6) is 4.25. The number of rotatable bonds is 14. The minimum absolute atomic E-state index is 0.542. The van der Waals surface area contributed by atoms with Crippen molar-refractivity contribution in [1.29, 1.82) is 0 Å². The van der Waals surface area contributed by atoms with Crippen LogP contribution in [-0.4, -0.2) is 58.4 Å². The molecule has 0 aliphatic rings. The van der Waals surface area contributed by atoms with Crippen molar-refractivity contribution in [3.05, 3.63) is 88.7 Å². The Hall–Kier alpha value is -4.63. The predicted octanol–water partition coefficient (Wildman–Crippen LogP) is 7.20. The minimum atomic E-state index is 0.542. The quantitative estimate of drug-likeness (QED) is 0.110. The van der Waals surface area contributed by atoms with Gasteiger partial charge in [-0.3, -0.25) is 0 Å². The number of methoxy groups -OCH3 is 6. The second-order valence-electron chi connectivity index (χ2n) is 9.17. The van der Waals surface area contributed by atoms with Gasteiger partial charge in [0.25, 0.3) is 0 Å². The van der Waals surface area contributed by atoms with Crippen molar-refractivity contribution in [1.82, 2.24) is 9.97 Å². The zero-order valence-electron chi connectivity index (χ0n) is 25.2. The van der Waals surface area contributed by atoms with E-state index < -0.39 is 0 Å². The molecule has 224 valence electrons. The van der Waals surface area contributed by atoms with E-state index in [1.807, 2.05) is 60.7 Å². The number of hydrogen-bond acceptors (Lipinski definition) is 9. The van der Waals surface area contributed by atoms with Gasteiger partial charge in [0, 0.05) is 5.75 Å². The van der Waals surface area contributed by atoms with Gasteiger partial charge in [0.15, 0.2) is 28.2 Å². The Kier molecular flexibility index (Phi) is 11.3. The monoisotopic (exact) mass is 600 g/mol. The maximum absolute atomic E-state index is 5.51. The van der Waals surface area contributed by atoms with Crippen LogP contribution in [0.4, 0.5) is 0 Å². The number of aryl methyl sites for hydroxylation is 1. The summed E-state index contributed by atoms with van der Waals surface area (Å²) < 4.78 is 32.9. The van der Waals surface area contributed by atoms with Crippen LogP contribution in [0.5, 0.6) is 34.5 Å². The van der Waals surface area contributed by atoms with E-state index in [0.717, 1.165) is 34.7 Å². The second-order valence-corrected chi connectivity index (χ2v) is 10.2. The molecular weight excluding hydrogens is 564 g/mol. The number of thioether (sulfide) groups is 1. The SMILES string of the molecule is COc1cc(C=Cc2cc(C=Cc3cc(OC)c(OC)c(OC)c3)nc(SCCc3ccccc3)n2)cc(OC)c1OC. The van der Waals surface area contributed by atoms with Crippen molar-refractivity contribution in [2.75, 3.05) is 48.4 Å². The first-order chi connectivity index (χ1) is 21.0. The van der Waals surface area contributed by atoms with Gasteiger partial charge < -0.3 is 28.4 Å². The van der Waals surface area contributed by atoms with Crippen molar-refractivity contribution in [2.24, 2.45) is 0 Å². The summed E-state index contributed by atoms with van der Waals surface area (Å²) in [4.78, 5) is 9.64. The van der Waals surface area contributed by atoms with E-state index in [4.69, 9.17) is 38.4 Å². The zero-order valence-corrected chi connectivity index (χ0v) is 26.1. The molecule has 4 rings (SSSR count). The maximum Gasteiger partial charge on any atom is 0.203 e. The fourth-order valence-electron chi connectivity index (χ4n) is 4.36. The Balaban J connectivity index is 1.66. The Morgan fingerprint density at radius 1 is 0.558 bits per heavy atom. The molecule has 0 aliphatic carbocycles. The first-order valence-electron chi connectivity index (χ1n) is 13.5. The highest BCUT2D eigenvalue weighted by Crippen LogP contribution is 2.39. The molecule has 1 aromatic heterocycles. The van der Waals surface area contributed by atoms with Crippen molar-refractivity contribution in [3.63, 3.8) is 0 Å². The smallest absolute Gasteiger partial charge is 0.203 e. The highest BCUT2D eigenvalue weighted by Gasteiger charge is 2.13. The fraction of sp³-hybridized carbons (Fsp3) is 0.235. The lowest BCUT2D eigenvalue weighted by Crippen LogP contribution is -1.97. The van der Waals surface area contributed by atoms with Gasteiger partial charge in [-0.2, -0.15) is 0 Å². The highest BCUT2D eigenvalue weighted by atomic mass is 32.2. The van der Waals surface area contributed by atoms with E-state index in [1.165, 1.54) is 5.56 Å². The molecule has 0 N–H and O–H groups in total. The lowest BCUT2D eigenvalue weighted by atomic mass is 10.1. The molecule has 0 saturated carbocycles. The number of aromatic nitrogens is 2. The van der Waals surface area contributed by atoms with Crippen LogP contribution in [0.15, 0.2) is 65.8 Å². The van der Waals surface area contributed by atoms with E-state index in [9.17, 15) is 0 Å². The van der Waals surface area contributed by atoms with Crippen LogP contribution in [0, 0.1) is 0 Å². The van der Waals surface area contributed by atoms with Gasteiger partial charge in [0.1, 0.15) is 0 Å². The van der Waals surface area contributed by atoms with Crippen molar-refractivity contribution < 1.29 is 28.4 Å². The van der Waals surface area contributed by atoms with Crippen LogP contribution in [0.2, 0.25) is 0 Å². The molecule has 1 heterocycles. The van der Waals surface area contributed by atoms with Crippen molar-refractivity contribution in [2.45, 2.75) is 11.6 Å².